The maximum absolute atomic E-state index is 10.9. The average Bonchev–Trinajstić information content (AvgIpc) is 2.54. The first-order valence-electron chi connectivity index (χ1n) is 6.31. The molecule has 0 saturated heterocycles. The van der Waals surface area contributed by atoms with E-state index >= 15 is 0 Å². The molecule has 6 heteroatoms. The fourth-order valence-corrected chi connectivity index (χ4v) is 2.69. The molecule has 18 heavy (non-hydrogen) atoms. The molecule has 0 aromatic carbocycles. The summed E-state index contributed by atoms with van der Waals surface area (Å²) in [5.74, 6) is 0.196. The van der Waals surface area contributed by atoms with Crippen molar-refractivity contribution < 1.29 is 4.92 Å². The summed E-state index contributed by atoms with van der Waals surface area (Å²) in [7, 11) is 0. The van der Waals surface area contributed by atoms with Crippen molar-refractivity contribution in [2.75, 3.05) is 5.73 Å². The number of hydrogen-bond acceptors (Lipinski definition) is 4. The zero-order valence-electron chi connectivity index (χ0n) is 11.1. The summed E-state index contributed by atoms with van der Waals surface area (Å²) in [6, 6.07) is 0.199. The van der Waals surface area contributed by atoms with E-state index in [-0.39, 0.29) is 17.5 Å². The van der Waals surface area contributed by atoms with Crippen LogP contribution in [0.1, 0.15) is 51.3 Å². The molecule has 1 aliphatic carbocycles. The Morgan fingerprint density at radius 1 is 1.44 bits per heavy atom. The minimum absolute atomic E-state index is 0.0418. The van der Waals surface area contributed by atoms with Crippen molar-refractivity contribution in [3.8, 4) is 0 Å². The molecule has 0 atom stereocenters. The van der Waals surface area contributed by atoms with Crippen molar-refractivity contribution in [2.45, 2.75) is 52.5 Å². The predicted octanol–water partition coefficient (Wildman–Crippen LogP) is 2.82. The highest BCUT2D eigenvalue weighted by atomic mass is 16.6. The first-order valence-corrected chi connectivity index (χ1v) is 6.31. The van der Waals surface area contributed by atoms with E-state index in [0.717, 1.165) is 25.7 Å². The molecule has 1 aromatic heterocycles. The molecule has 0 bridgehead atoms. The van der Waals surface area contributed by atoms with Gasteiger partial charge in [-0.15, -0.1) is 0 Å². The van der Waals surface area contributed by atoms with E-state index < -0.39 is 4.92 Å². The Labute approximate surface area is 106 Å². The summed E-state index contributed by atoms with van der Waals surface area (Å²) < 4.78 is 1.66. The highest BCUT2D eigenvalue weighted by Gasteiger charge is 2.32. The van der Waals surface area contributed by atoms with E-state index in [9.17, 15) is 10.1 Å². The van der Waals surface area contributed by atoms with Crippen molar-refractivity contribution >= 4 is 11.5 Å². The Morgan fingerprint density at radius 2 is 2.00 bits per heavy atom. The number of hydrogen-bond donors (Lipinski definition) is 1. The van der Waals surface area contributed by atoms with Crippen LogP contribution in [0.25, 0.3) is 0 Å². The van der Waals surface area contributed by atoms with Gasteiger partial charge in [-0.3, -0.25) is 10.1 Å². The summed E-state index contributed by atoms with van der Waals surface area (Å²) in [6.07, 6.45) is 4.17. The summed E-state index contributed by atoms with van der Waals surface area (Å²) in [5, 5.41) is 15.2. The van der Waals surface area contributed by atoms with Gasteiger partial charge in [0.25, 0.3) is 0 Å². The number of aryl methyl sites for hydroxylation is 1. The molecule has 1 aliphatic rings. The zero-order chi connectivity index (χ0) is 13.5. The smallest absolute Gasteiger partial charge is 0.333 e. The second-order valence-electron chi connectivity index (χ2n) is 5.92. The van der Waals surface area contributed by atoms with Gasteiger partial charge in [-0.25, -0.2) is 4.68 Å². The Hall–Kier alpha value is -1.59. The first kappa shape index (κ1) is 12.9. The second kappa shape index (κ2) is 4.26. The van der Waals surface area contributed by atoms with Crippen molar-refractivity contribution in [3.05, 3.63) is 15.8 Å². The predicted molar refractivity (Wildman–Crippen MR) is 69.3 cm³/mol. The second-order valence-corrected chi connectivity index (χ2v) is 5.92. The van der Waals surface area contributed by atoms with Crippen LogP contribution >= 0.6 is 0 Å². The third kappa shape index (κ3) is 2.19. The lowest BCUT2D eigenvalue weighted by atomic mass is 9.75. The van der Waals surface area contributed by atoms with Crippen LogP contribution in [0.15, 0.2) is 0 Å². The molecule has 0 spiro atoms. The Balaban J connectivity index is 2.25. The van der Waals surface area contributed by atoms with Crippen molar-refractivity contribution in [2.24, 2.45) is 5.41 Å². The maximum Gasteiger partial charge on any atom is 0.333 e. The summed E-state index contributed by atoms with van der Waals surface area (Å²) >= 11 is 0. The SMILES string of the molecule is Cc1nn(C2CCC(C)(C)CC2)c(N)c1[N+](=O)[O-]. The standard InChI is InChI=1S/C12H20N4O2/c1-8-10(16(17)18)11(13)15(14-8)9-4-6-12(2,3)7-5-9/h9H,4-7,13H2,1-3H3. The molecule has 0 amide bonds. The van der Waals surface area contributed by atoms with Crippen LogP contribution in [-0.2, 0) is 0 Å². The van der Waals surface area contributed by atoms with Crippen LogP contribution in [0.4, 0.5) is 11.5 Å². The van der Waals surface area contributed by atoms with Crippen molar-refractivity contribution in [1.82, 2.24) is 9.78 Å². The number of nitrogen functional groups attached to an aromatic ring is 1. The highest BCUT2D eigenvalue weighted by Crippen LogP contribution is 2.41. The Kier molecular flexibility index (Phi) is 3.04. The number of anilines is 1. The van der Waals surface area contributed by atoms with Gasteiger partial charge in [0.15, 0.2) is 0 Å². The molecular formula is C12H20N4O2. The van der Waals surface area contributed by atoms with Crippen LogP contribution in [0, 0.1) is 22.5 Å². The maximum atomic E-state index is 10.9. The minimum atomic E-state index is -0.444. The number of nitro groups is 1. The van der Waals surface area contributed by atoms with E-state index in [1.165, 1.54) is 0 Å². The molecule has 100 valence electrons. The molecule has 1 fully saturated rings. The first-order chi connectivity index (χ1) is 8.32. The van der Waals surface area contributed by atoms with Crippen LogP contribution < -0.4 is 5.73 Å². The molecule has 1 heterocycles. The van der Waals surface area contributed by atoms with Gasteiger partial charge in [0.1, 0.15) is 5.69 Å². The van der Waals surface area contributed by atoms with E-state index in [4.69, 9.17) is 5.73 Å². The van der Waals surface area contributed by atoms with Crippen LogP contribution in [0.5, 0.6) is 0 Å². The molecule has 0 unspecified atom stereocenters. The molecule has 1 aromatic rings. The molecule has 2 rings (SSSR count). The quantitative estimate of drug-likeness (QED) is 0.647. The third-order valence-corrected chi connectivity index (χ3v) is 3.93. The third-order valence-electron chi connectivity index (χ3n) is 3.93. The number of nitrogens with two attached hydrogens (primary N) is 1. The summed E-state index contributed by atoms with van der Waals surface area (Å²) in [6.45, 7) is 6.14. The lowest BCUT2D eigenvalue weighted by Gasteiger charge is -2.34. The summed E-state index contributed by atoms with van der Waals surface area (Å²) in [4.78, 5) is 10.5. The minimum Gasteiger partial charge on any atom is -0.378 e. The monoisotopic (exact) mass is 252 g/mol. The lowest BCUT2D eigenvalue weighted by molar-refractivity contribution is -0.384. The van der Waals surface area contributed by atoms with Gasteiger partial charge >= 0.3 is 5.69 Å². The zero-order valence-corrected chi connectivity index (χ0v) is 11.1. The van der Waals surface area contributed by atoms with E-state index in [1.807, 2.05) is 0 Å². The van der Waals surface area contributed by atoms with Gasteiger partial charge in [0.2, 0.25) is 5.82 Å². The lowest BCUT2D eigenvalue weighted by Crippen LogP contribution is -2.24. The fraction of sp³-hybridized carbons (Fsp3) is 0.750. The molecule has 2 N–H and O–H groups in total. The number of aromatic nitrogens is 2. The largest absolute Gasteiger partial charge is 0.378 e. The van der Waals surface area contributed by atoms with Gasteiger partial charge in [0, 0.05) is 0 Å². The molecule has 0 radical (unpaired) electrons. The number of rotatable bonds is 2. The molecule has 0 aliphatic heterocycles. The van der Waals surface area contributed by atoms with Gasteiger partial charge in [0.05, 0.1) is 11.0 Å². The van der Waals surface area contributed by atoms with Gasteiger partial charge in [-0.05, 0) is 38.0 Å². The normalized spacial score (nSPS) is 19.9. The fourth-order valence-electron chi connectivity index (χ4n) is 2.69. The van der Waals surface area contributed by atoms with E-state index in [0.29, 0.717) is 11.1 Å². The van der Waals surface area contributed by atoms with Gasteiger partial charge in [-0.1, -0.05) is 13.8 Å². The summed E-state index contributed by atoms with van der Waals surface area (Å²) in [5.41, 5.74) is 6.59. The Morgan fingerprint density at radius 3 is 2.44 bits per heavy atom. The topological polar surface area (TPSA) is 87.0 Å². The molecule has 1 saturated carbocycles. The van der Waals surface area contributed by atoms with Crippen molar-refractivity contribution in [1.29, 1.82) is 0 Å². The highest BCUT2D eigenvalue weighted by molar-refractivity contribution is 5.56. The molecule has 6 nitrogen and oxygen atoms in total. The van der Waals surface area contributed by atoms with Gasteiger partial charge in [-0.2, -0.15) is 5.10 Å². The van der Waals surface area contributed by atoms with Crippen LogP contribution in [0.3, 0.4) is 0 Å². The Bertz CT molecular complexity index is 469. The van der Waals surface area contributed by atoms with Gasteiger partial charge < -0.3 is 5.73 Å². The van der Waals surface area contributed by atoms with Crippen LogP contribution in [-0.4, -0.2) is 14.7 Å². The van der Waals surface area contributed by atoms with E-state index in [1.54, 1.807) is 11.6 Å². The van der Waals surface area contributed by atoms with Crippen LogP contribution in [0.2, 0.25) is 0 Å². The van der Waals surface area contributed by atoms with E-state index in [2.05, 4.69) is 18.9 Å². The number of nitrogens with zero attached hydrogens (tertiary/aromatic N) is 3. The average molecular weight is 252 g/mol. The molecular weight excluding hydrogens is 232 g/mol. The van der Waals surface area contributed by atoms with Crippen molar-refractivity contribution in [3.63, 3.8) is 0 Å².